The molecule has 0 radical (unpaired) electrons. The summed E-state index contributed by atoms with van der Waals surface area (Å²) in [7, 11) is 0. The first-order valence-corrected chi connectivity index (χ1v) is 7.69. The Bertz CT molecular complexity index is 398. The van der Waals surface area contributed by atoms with Gasteiger partial charge in [0.25, 0.3) is 0 Å². The number of rotatable bonds is 3. The normalized spacial score (nSPS) is 22.4. The highest BCUT2D eigenvalue weighted by molar-refractivity contribution is 5.55. The van der Waals surface area contributed by atoms with Crippen LogP contribution in [0.5, 0.6) is 0 Å². The molecular weight excluding hydrogens is 232 g/mol. The van der Waals surface area contributed by atoms with Crippen molar-refractivity contribution < 1.29 is 0 Å². The Kier molecular flexibility index (Phi) is 4.87. The minimum absolute atomic E-state index is 0.111. The second-order valence-corrected chi connectivity index (χ2v) is 6.27. The van der Waals surface area contributed by atoms with Crippen molar-refractivity contribution in [2.45, 2.75) is 46.1 Å². The summed E-state index contributed by atoms with van der Waals surface area (Å²) in [5, 5.41) is 0. The van der Waals surface area contributed by atoms with E-state index < -0.39 is 0 Å². The highest BCUT2D eigenvalue weighted by Gasteiger charge is 2.21. The lowest BCUT2D eigenvalue weighted by molar-refractivity contribution is 0.351. The minimum Gasteiger partial charge on any atom is -0.371 e. The van der Waals surface area contributed by atoms with E-state index in [-0.39, 0.29) is 6.04 Å². The number of hydrogen-bond donors (Lipinski definition) is 1. The van der Waals surface area contributed by atoms with Crippen LogP contribution in [0.25, 0.3) is 0 Å². The quantitative estimate of drug-likeness (QED) is 0.891. The van der Waals surface area contributed by atoms with Gasteiger partial charge >= 0.3 is 0 Å². The molecule has 0 bridgehead atoms. The zero-order valence-corrected chi connectivity index (χ0v) is 12.6. The Morgan fingerprint density at radius 3 is 2.53 bits per heavy atom. The maximum atomic E-state index is 6.11. The minimum atomic E-state index is 0.111. The average Bonchev–Trinajstić information content (AvgIpc) is 2.64. The number of benzene rings is 1. The molecule has 2 N–H and O–H groups in total. The third kappa shape index (κ3) is 3.50. The van der Waals surface area contributed by atoms with E-state index in [1.54, 1.807) is 0 Å². The van der Waals surface area contributed by atoms with Gasteiger partial charge in [-0.25, -0.2) is 0 Å². The number of nitrogens with two attached hydrogens (primary N) is 1. The lowest BCUT2D eigenvalue weighted by Crippen LogP contribution is -2.26. The van der Waals surface area contributed by atoms with Crippen LogP contribution in [-0.4, -0.2) is 13.1 Å². The summed E-state index contributed by atoms with van der Waals surface area (Å²) in [4.78, 5) is 2.54. The van der Waals surface area contributed by atoms with Crippen molar-refractivity contribution in [1.29, 1.82) is 0 Å². The lowest BCUT2D eigenvalue weighted by atomic mass is 9.89. The fraction of sp³-hybridized carbons (Fsp3) is 0.647. The monoisotopic (exact) mass is 260 g/mol. The maximum absolute atomic E-state index is 6.11. The van der Waals surface area contributed by atoms with Crippen LogP contribution in [0.2, 0.25) is 0 Å². The van der Waals surface area contributed by atoms with E-state index in [0.29, 0.717) is 0 Å². The van der Waals surface area contributed by atoms with Gasteiger partial charge in [0.15, 0.2) is 0 Å². The molecule has 0 amide bonds. The molecule has 1 saturated heterocycles. The van der Waals surface area contributed by atoms with Crippen LogP contribution >= 0.6 is 0 Å². The first-order chi connectivity index (χ1) is 9.09. The van der Waals surface area contributed by atoms with Gasteiger partial charge in [0.05, 0.1) is 0 Å². The van der Waals surface area contributed by atoms with Crippen molar-refractivity contribution in [2.24, 2.45) is 17.6 Å². The van der Waals surface area contributed by atoms with Gasteiger partial charge in [0.1, 0.15) is 0 Å². The predicted octanol–water partition coefficient (Wildman–Crippen LogP) is 3.97. The fourth-order valence-electron chi connectivity index (χ4n) is 3.19. The van der Waals surface area contributed by atoms with Gasteiger partial charge in [-0.1, -0.05) is 32.0 Å². The first kappa shape index (κ1) is 14.4. The van der Waals surface area contributed by atoms with E-state index in [9.17, 15) is 0 Å². The number of para-hydroxylation sites is 1. The summed E-state index contributed by atoms with van der Waals surface area (Å²) < 4.78 is 0. The molecule has 2 rings (SSSR count). The summed E-state index contributed by atoms with van der Waals surface area (Å²) in [6.07, 6.45) is 3.98. The van der Waals surface area contributed by atoms with Gasteiger partial charge in [-0.05, 0) is 49.7 Å². The van der Waals surface area contributed by atoms with E-state index >= 15 is 0 Å². The summed E-state index contributed by atoms with van der Waals surface area (Å²) >= 11 is 0. The van der Waals surface area contributed by atoms with Crippen LogP contribution in [0.3, 0.4) is 0 Å². The highest BCUT2D eigenvalue weighted by Crippen LogP contribution is 2.30. The van der Waals surface area contributed by atoms with Crippen LogP contribution in [0.1, 0.15) is 51.6 Å². The third-order valence-corrected chi connectivity index (χ3v) is 4.48. The molecule has 0 saturated carbocycles. The van der Waals surface area contributed by atoms with Gasteiger partial charge in [-0.15, -0.1) is 0 Å². The molecule has 2 atom stereocenters. The Labute approximate surface area is 118 Å². The van der Waals surface area contributed by atoms with Crippen LogP contribution in [-0.2, 0) is 0 Å². The van der Waals surface area contributed by atoms with Crippen LogP contribution in [0.15, 0.2) is 24.3 Å². The Morgan fingerprint density at radius 2 is 1.84 bits per heavy atom. The topological polar surface area (TPSA) is 29.3 Å². The second kappa shape index (κ2) is 6.42. The zero-order chi connectivity index (χ0) is 13.8. The molecular formula is C17H28N2. The molecule has 1 aliphatic rings. The van der Waals surface area contributed by atoms with Gasteiger partial charge in [-0.2, -0.15) is 0 Å². The van der Waals surface area contributed by atoms with E-state index in [0.717, 1.165) is 11.8 Å². The van der Waals surface area contributed by atoms with Gasteiger partial charge in [0.2, 0.25) is 0 Å². The van der Waals surface area contributed by atoms with Crippen molar-refractivity contribution in [1.82, 2.24) is 0 Å². The fourth-order valence-corrected chi connectivity index (χ4v) is 3.19. The molecule has 1 aromatic rings. The summed E-state index contributed by atoms with van der Waals surface area (Å²) in [6, 6.07) is 8.74. The molecule has 1 heterocycles. The maximum Gasteiger partial charge on any atom is 0.0414 e. The third-order valence-electron chi connectivity index (χ3n) is 4.48. The lowest BCUT2D eigenvalue weighted by Gasteiger charge is -2.27. The first-order valence-electron chi connectivity index (χ1n) is 7.69. The molecule has 2 heteroatoms. The molecule has 2 nitrogen and oxygen atoms in total. The van der Waals surface area contributed by atoms with Gasteiger partial charge in [0, 0.05) is 24.8 Å². The zero-order valence-electron chi connectivity index (χ0n) is 12.6. The number of hydrogen-bond acceptors (Lipinski definition) is 2. The standard InChI is InChI=1S/C17H28N2/c1-13(2)15-7-6-11-19(12-10-15)17-9-5-4-8-16(17)14(3)18/h4-5,8-9,13-15H,6-7,10-12,18H2,1-3H3/t14-,15?/m1/s1. The molecule has 1 fully saturated rings. The van der Waals surface area contributed by atoms with Crippen LogP contribution in [0.4, 0.5) is 5.69 Å². The van der Waals surface area contributed by atoms with Crippen molar-refractivity contribution in [2.75, 3.05) is 18.0 Å². The van der Waals surface area contributed by atoms with Crippen LogP contribution < -0.4 is 10.6 Å². The molecule has 0 aromatic heterocycles. The summed E-state index contributed by atoms with van der Waals surface area (Å²) in [5.74, 6) is 1.69. The SMILES string of the molecule is CC(C)C1CCCN(c2ccccc2[C@@H](C)N)CC1. The molecule has 1 aromatic carbocycles. The Balaban J connectivity index is 2.14. The van der Waals surface area contributed by atoms with E-state index in [2.05, 4.69) is 49.9 Å². The molecule has 1 aliphatic heterocycles. The van der Waals surface area contributed by atoms with Crippen molar-refractivity contribution in [3.63, 3.8) is 0 Å². The highest BCUT2D eigenvalue weighted by atomic mass is 15.1. The second-order valence-electron chi connectivity index (χ2n) is 6.27. The Morgan fingerprint density at radius 1 is 1.11 bits per heavy atom. The largest absolute Gasteiger partial charge is 0.371 e. The average molecular weight is 260 g/mol. The summed E-state index contributed by atoms with van der Waals surface area (Å²) in [6.45, 7) is 9.14. The molecule has 19 heavy (non-hydrogen) atoms. The van der Waals surface area contributed by atoms with E-state index in [4.69, 9.17) is 5.73 Å². The smallest absolute Gasteiger partial charge is 0.0414 e. The van der Waals surface area contributed by atoms with E-state index in [1.807, 2.05) is 0 Å². The molecule has 106 valence electrons. The van der Waals surface area contributed by atoms with Crippen molar-refractivity contribution in [3.8, 4) is 0 Å². The van der Waals surface area contributed by atoms with Crippen LogP contribution in [0, 0.1) is 11.8 Å². The molecule has 0 aliphatic carbocycles. The van der Waals surface area contributed by atoms with E-state index in [1.165, 1.54) is 43.6 Å². The van der Waals surface area contributed by atoms with Crippen molar-refractivity contribution >= 4 is 5.69 Å². The number of anilines is 1. The Hall–Kier alpha value is -1.02. The van der Waals surface area contributed by atoms with Crippen molar-refractivity contribution in [3.05, 3.63) is 29.8 Å². The number of nitrogens with zero attached hydrogens (tertiary/aromatic N) is 1. The van der Waals surface area contributed by atoms with Gasteiger partial charge in [-0.3, -0.25) is 0 Å². The summed E-state index contributed by atoms with van der Waals surface area (Å²) in [5.41, 5.74) is 8.74. The molecule has 1 unspecified atom stereocenters. The predicted molar refractivity (Wildman–Crippen MR) is 83.4 cm³/mol. The molecule has 0 spiro atoms. The van der Waals surface area contributed by atoms with Gasteiger partial charge < -0.3 is 10.6 Å².